The van der Waals surface area contributed by atoms with E-state index in [1.807, 2.05) is 6.20 Å². The average Bonchev–Trinajstić information content (AvgIpc) is 3.26. The number of piperazine rings is 1. The van der Waals surface area contributed by atoms with Gasteiger partial charge in [-0.05, 0) is 17.7 Å². The van der Waals surface area contributed by atoms with Gasteiger partial charge in [-0.25, -0.2) is 4.98 Å². The number of alkyl halides is 2. The van der Waals surface area contributed by atoms with Crippen molar-refractivity contribution >= 4 is 10.9 Å². The SMILES string of the molecule is FC(F)n1ccnc1CN1CCN(Cc2cccc3[nH]ccc23)CC1. The molecule has 3 aromatic rings. The molecule has 1 aliphatic heterocycles. The molecule has 1 fully saturated rings. The molecule has 1 saturated heterocycles. The van der Waals surface area contributed by atoms with Crippen LogP contribution < -0.4 is 0 Å². The van der Waals surface area contributed by atoms with Crippen molar-refractivity contribution in [3.63, 3.8) is 0 Å². The van der Waals surface area contributed by atoms with Gasteiger partial charge in [-0.2, -0.15) is 8.78 Å². The lowest BCUT2D eigenvalue weighted by molar-refractivity contribution is 0.0603. The second-order valence-corrected chi connectivity index (χ2v) is 6.44. The van der Waals surface area contributed by atoms with Gasteiger partial charge in [0, 0.05) is 62.2 Å². The van der Waals surface area contributed by atoms with E-state index in [1.165, 1.54) is 23.3 Å². The van der Waals surface area contributed by atoms with Gasteiger partial charge in [-0.3, -0.25) is 14.4 Å². The standard InChI is InChI=1S/C18H21F2N5/c19-18(20)25-7-6-22-17(25)13-24-10-8-23(9-11-24)12-14-2-1-3-16-15(14)4-5-21-16/h1-7,18,21H,8-13H2. The lowest BCUT2D eigenvalue weighted by atomic mass is 10.1. The smallest absolute Gasteiger partial charge is 0.319 e. The normalized spacial score (nSPS) is 16.9. The molecule has 0 atom stereocenters. The highest BCUT2D eigenvalue weighted by Gasteiger charge is 2.20. The zero-order valence-corrected chi connectivity index (χ0v) is 13.9. The molecule has 1 aliphatic rings. The molecular weight excluding hydrogens is 324 g/mol. The first-order valence-corrected chi connectivity index (χ1v) is 8.50. The number of nitrogens with one attached hydrogen (secondary N) is 1. The highest BCUT2D eigenvalue weighted by atomic mass is 19.3. The zero-order valence-electron chi connectivity index (χ0n) is 13.9. The fraction of sp³-hybridized carbons (Fsp3) is 0.389. The number of benzene rings is 1. The topological polar surface area (TPSA) is 40.1 Å². The fourth-order valence-corrected chi connectivity index (χ4v) is 3.48. The predicted molar refractivity (Wildman–Crippen MR) is 92.3 cm³/mol. The molecular formula is C18H21F2N5. The van der Waals surface area contributed by atoms with Gasteiger partial charge in [0.1, 0.15) is 5.82 Å². The highest BCUT2D eigenvalue weighted by molar-refractivity contribution is 5.82. The summed E-state index contributed by atoms with van der Waals surface area (Å²) in [6.45, 7) is 2.43. The first kappa shape index (κ1) is 16.2. The fourth-order valence-electron chi connectivity index (χ4n) is 3.48. The van der Waals surface area contributed by atoms with Gasteiger partial charge in [0.15, 0.2) is 0 Å². The Bertz CT molecular complexity index is 833. The molecule has 132 valence electrons. The van der Waals surface area contributed by atoms with Crippen LogP contribution in [-0.2, 0) is 13.1 Å². The van der Waals surface area contributed by atoms with Crippen molar-refractivity contribution in [2.75, 3.05) is 26.2 Å². The minimum atomic E-state index is -2.53. The van der Waals surface area contributed by atoms with Crippen LogP contribution in [0.25, 0.3) is 10.9 Å². The summed E-state index contributed by atoms with van der Waals surface area (Å²) in [5, 5.41) is 1.27. The number of hydrogen-bond acceptors (Lipinski definition) is 3. The second kappa shape index (κ2) is 6.93. The van der Waals surface area contributed by atoms with Crippen LogP contribution in [0.5, 0.6) is 0 Å². The molecule has 2 aromatic heterocycles. The number of nitrogens with zero attached hydrogens (tertiary/aromatic N) is 4. The van der Waals surface area contributed by atoms with E-state index < -0.39 is 6.55 Å². The van der Waals surface area contributed by atoms with E-state index in [2.05, 4.69) is 44.0 Å². The molecule has 1 N–H and O–H groups in total. The molecule has 25 heavy (non-hydrogen) atoms. The van der Waals surface area contributed by atoms with Crippen LogP contribution in [0.3, 0.4) is 0 Å². The molecule has 7 heteroatoms. The van der Waals surface area contributed by atoms with Gasteiger partial charge in [-0.1, -0.05) is 12.1 Å². The summed E-state index contributed by atoms with van der Waals surface area (Å²) >= 11 is 0. The summed E-state index contributed by atoms with van der Waals surface area (Å²) in [4.78, 5) is 11.9. The van der Waals surface area contributed by atoms with Gasteiger partial charge in [-0.15, -0.1) is 0 Å². The first-order valence-electron chi connectivity index (χ1n) is 8.50. The number of rotatable bonds is 5. The molecule has 0 radical (unpaired) electrons. The Hall–Kier alpha value is -2.25. The lowest BCUT2D eigenvalue weighted by Crippen LogP contribution is -2.45. The van der Waals surface area contributed by atoms with E-state index in [0.29, 0.717) is 12.4 Å². The number of hydrogen-bond donors (Lipinski definition) is 1. The molecule has 0 aliphatic carbocycles. The van der Waals surface area contributed by atoms with Gasteiger partial charge >= 0.3 is 6.55 Å². The Morgan fingerprint density at radius 2 is 1.80 bits per heavy atom. The summed E-state index contributed by atoms with van der Waals surface area (Å²) in [6.07, 6.45) is 4.75. The Morgan fingerprint density at radius 1 is 1.04 bits per heavy atom. The van der Waals surface area contributed by atoms with Crippen molar-refractivity contribution < 1.29 is 8.78 Å². The Balaban J connectivity index is 1.35. The third-order valence-electron chi connectivity index (χ3n) is 4.87. The van der Waals surface area contributed by atoms with Gasteiger partial charge in [0.25, 0.3) is 0 Å². The quantitative estimate of drug-likeness (QED) is 0.773. The number of aromatic amines is 1. The maximum Gasteiger partial charge on any atom is 0.319 e. The molecule has 4 rings (SSSR count). The molecule has 3 heterocycles. The van der Waals surface area contributed by atoms with E-state index in [1.54, 1.807) is 0 Å². The average molecular weight is 345 g/mol. The Kier molecular flexibility index (Phi) is 4.50. The Labute approximate surface area is 144 Å². The number of H-pyrrole nitrogens is 1. The Morgan fingerprint density at radius 3 is 2.56 bits per heavy atom. The van der Waals surface area contributed by atoms with Crippen molar-refractivity contribution in [1.29, 1.82) is 0 Å². The summed E-state index contributed by atoms with van der Waals surface area (Å²) in [6, 6.07) is 8.45. The maximum atomic E-state index is 12.9. The monoisotopic (exact) mass is 345 g/mol. The van der Waals surface area contributed by atoms with Crippen molar-refractivity contribution in [3.05, 3.63) is 54.2 Å². The first-order chi connectivity index (χ1) is 12.2. The maximum absolute atomic E-state index is 12.9. The van der Waals surface area contributed by atoms with E-state index in [9.17, 15) is 8.78 Å². The van der Waals surface area contributed by atoms with Crippen molar-refractivity contribution in [3.8, 4) is 0 Å². The van der Waals surface area contributed by atoms with Crippen LogP contribution >= 0.6 is 0 Å². The molecule has 0 unspecified atom stereocenters. The summed E-state index contributed by atoms with van der Waals surface area (Å²) in [5.74, 6) is 0.431. The number of imidazole rings is 1. The van der Waals surface area contributed by atoms with Gasteiger partial charge < -0.3 is 4.98 Å². The lowest BCUT2D eigenvalue weighted by Gasteiger charge is -2.34. The van der Waals surface area contributed by atoms with Crippen LogP contribution in [0.1, 0.15) is 17.9 Å². The summed E-state index contributed by atoms with van der Waals surface area (Å²) < 4.78 is 26.8. The van der Waals surface area contributed by atoms with Crippen molar-refractivity contribution in [2.45, 2.75) is 19.6 Å². The molecule has 0 spiro atoms. The van der Waals surface area contributed by atoms with Gasteiger partial charge in [0.05, 0.1) is 6.54 Å². The van der Waals surface area contributed by atoms with Crippen molar-refractivity contribution in [1.82, 2.24) is 24.3 Å². The van der Waals surface area contributed by atoms with Gasteiger partial charge in [0.2, 0.25) is 0 Å². The number of halogens is 2. The zero-order chi connectivity index (χ0) is 17.2. The minimum absolute atomic E-state index is 0.431. The van der Waals surface area contributed by atoms with E-state index in [0.717, 1.165) is 42.8 Å². The van der Waals surface area contributed by atoms with E-state index >= 15 is 0 Å². The number of aromatic nitrogens is 3. The molecule has 5 nitrogen and oxygen atoms in total. The largest absolute Gasteiger partial charge is 0.361 e. The third kappa shape index (κ3) is 3.43. The number of fused-ring (bicyclic) bond motifs is 1. The summed E-state index contributed by atoms with van der Waals surface area (Å²) in [7, 11) is 0. The minimum Gasteiger partial charge on any atom is -0.361 e. The van der Waals surface area contributed by atoms with E-state index in [-0.39, 0.29) is 0 Å². The molecule has 0 bridgehead atoms. The third-order valence-corrected chi connectivity index (χ3v) is 4.87. The second-order valence-electron chi connectivity index (χ2n) is 6.44. The molecule has 1 aromatic carbocycles. The predicted octanol–water partition coefficient (Wildman–Crippen LogP) is 3.08. The van der Waals surface area contributed by atoms with Crippen LogP contribution in [-0.4, -0.2) is 50.5 Å². The molecule has 0 amide bonds. The van der Waals surface area contributed by atoms with Crippen LogP contribution in [0.2, 0.25) is 0 Å². The van der Waals surface area contributed by atoms with Crippen LogP contribution in [0.15, 0.2) is 42.9 Å². The van der Waals surface area contributed by atoms with Crippen LogP contribution in [0, 0.1) is 0 Å². The molecule has 0 saturated carbocycles. The van der Waals surface area contributed by atoms with Crippen LogP contribution in [0.4, 0.5) is 8.78 Å². The van der Waals surface area contributed by atoms with Crippen molar-refractivity contribution in [2.24, 2.45) is 0 Å². The van der Waals surface area contributed by atoms with E-state index in [4.69, 9.17) is 0 Å². The summed E-state index contributed by atoms with van der Waals surface area (Å²) in [5.41, 5.74) is 2.48. The highest BCUT2D eigenvalue weighted by Crippen LogP contribution is 2.20.